The predicted octanol–water partition coefficient (Wildman–Crippen LogP) is 2.66. The van der Waals surface area contributed by atoms with Gasteiger partial charge in [-0.2, -0.15) is 0 Å². The first-order valence-electron chi connectivity index (χ1n) is 0.429. The van der Waals surface area contributed by atoms with Crippen LogP contribution in [0.2, 0.25) is 0 Å². The maximum absolute atomic E-state index is 2.50. The Kier molecular flexibility index (Phi) is 9.57. The van der Waals surface area contributed by atoms with E-state index in [2.05, 4.69) is 35.5 Å². The standard InChI is InChI=1S/Eu.3HI/h;3*1H/q+3;;;/p-3. The molecule has 0 N–H and O–H groups in total. The summed E-state index contributed by atoms with van der Waals surface area (Å²) in [7, 11) is 0. The van der Waals surface area contributed by atoms with E-state index in [1.54, 1.807) is 0 Å². The summed E-state index contributed by atoms with van der Waals surface area (Å²) < 4.78 is 0. The van der Waals surface area contributed by atoms with Crippen molar-refractivity contribution in [1.82, 2.24) is 0 Å². The van der Waals surface area contributed by atoms with Crippen LogP contribution in [0.3, 0.4) is 0 Å². The summed E-state index contributed by atoms with van der Waals surface area (Å²) >= 11 is 6.95. The molecule has 0 aromatic carbocycles. The van der Waals surface area contributed by atoms with E-state index in [-0.39, 0.29) is 0 Å². The van der Waals surface area contributed by atoms with Gasteiger partial charge in [-0.1, -0.05) is 0 Å². The quantitative estimate of drug-likeness (QED) is 0.421. The molecular weight excluding hydrogens is 533 g/mol. The molecule has 0 unspecified atom stereocenters. The molecule has 0 aliphatic heterocycles. The van der Waals surface area contributed by atoms with Crippen molar-refractivity contribution in [2.24, 2.45) is 0 Å². The van der Waals surface area contributed by atoms with E-state index < -0.39 is 24.0 Å². The van der Waals surface area contributed by atoms with Crippen LogP contribution in [0, 0.1) is 24.0 Å². The maximum atomic E-state index is 2.50. The summed E-state index contributed by atoms with van der Waals surface area (Å²) in [5.74, 6) is 0. The van der Waals surface area contributed by atoms with Gasteiger partial charge in [0.25, 0.3) is 0 Å². The van der Waals surface area contributed by atoms with Crippen molar-refractivity contribution < 1.29 is 24.0 Å². The minimum absolute atomic E-state index is 0.553. The predicted molar refractivity (Wildman–Crippen MR) is 42.1 cm³/mol. The Morgan fingerprint density at radius 3 is 1.00 bits per heavy atom. The van der Waals surface area contributed by atoms with Gasteiger partial charge in [0.2, 0.25) is 0 Å². The molecule has 0 heterocycles. The minimum atomic E-state index is -0.553. The average Bonchev–Trinajstić information content (AvgIpc) is 0.811. The van der Waals surface area contributed by atoms with E-state index in [1.165, 1.54) is 0 Å². The number of hydrogen-bond donors (Lipinski definition) is 0. The van der Waals surface area contributed by atoms with Crippen LogP contribution in [-0.4, -0.2) is 0 Å². The van der Waals surface area contributed by atoms with Crippen molar-refractivity contribution in [3.63, 3.8) is 0 Å². The zero-order valence-electron chi connectivity index (χ0n) is 1.51. The molecule has 4 heavy (non-hydrogen) atoms. The zero-order valence-corrected chi connectivity index (χ0v) is 10.4. The molecule has 0 fully saturated rings. The Hall–Kier alpha value is 3.77. The second kappa shape index (κ2) is 4.92. The molecule has 0 amide bonds. The summed E-state index contributed by atoms with van der Waals surface area (Å²) in [6, 6.07) is 0. The van der Waals surface area contributed by atoms with E-state index in [4.69, 9.17) is 0 Å². The van der Waals surface area contributed by atoms with E-state index in [0.29, 0.717) is 0 Å². The van der Waals surface area contributed by atoms with Gasteiger partial charge < -0.3 is 0 Å². The van der Waals surface area contributed by atoms with Crippen LogP contribution in [0.25, 0.3) is 0 Å². The Morgan fingerprint density at radius 1 is 1.00 bits per heavy atom. The summed E-state index contributed by atoms with van der Waals surface area (Å²) in [6.45, 7) is 0. The third kappa shape index (κ3) is 9.24. The van der Waals surface area contributed by atoms with Gasteiger partial charge in [-0.15, -0.1) is 0 Å². The van der Waals surface area contributed by atoms with Crippen LogP contribution in [-0.2, 0) is 0 Å². The molecule has 0 aromatic rings. The summed E-state index contributed by atoms with van der Waals surface area (Å²) in [5.41, 5.74) is 0. The molecular formula is EuI3. The van der Waals surface area contributed by atoms with Crippen LogP contribution in [0.1, 0.15) is 0 Å². The van der Waals surface area contributed by atoms with Gasteiger partial charge >= 0.3 is 59.5 Å². The van der Waals surface area contributed by atoms with Crippen molar-refractivity contribution >= 4 is 35.5 Å². The number of halogens is 3. The topological polar surface area (TPSA) is 0 Å². The third-order valence-corrected chi connectivity index (χ3v) is 0. The van der Waals surface area contributed by atoms with Gasteiger partial charge in [-0.3, -0.25) is 0 Å². The fraction of sp³-hybridized carbons (Fsp3) is 0. The van der Waals surface area contributed by atoms with Crippen molar-refractivity contribution in [2.45, 2.75) is 0 Å². The first kappa shape index (κ1) is 7.77. The fourth-order valence-electron chi connectivity index (χ4n) is 0. The first-order valence-corrected chi connectivity index (χ1v) is 21.3. The molecule has 0 bridgehead atoms. The molecule has 0 aromatic heterocycles. The van der Waals surface area contributed by atoms with Crippen LogP contribution in [0.15, 0.2) is 0 Å². The summed E-state index contributed by atoms with van der Waals surface area (Å²) in [4.78, 5) is 0. The molecule has 28 valence electrons. The van der Waals surface area contributed by atoms with Gasteiger partial charge in [0.1, 0.15) is 0 Å². The van der Waals surface area contributed by atoms with E-state index in [9.17, 15) is 0 Å². The van der Waals surface area contributed by atoms with Crippen LogP contribution >= 0.6 is 35.5 Å². The molecule has 0 saturated heterocycles. The van der Waals surface area contributed by atoms with Crippen LogP contribution in [0.4, 0.5) is 0 Å². The van der Waals surface area contributed by atoms with Crippen molar-refractivity contribution in [1.29, 1.82) is 0 Å². The second-order valence-corrected chi connectivity index (χ2v) is 54.1. The molecule has 0 aliphatic carbocycles. The second-order valence-electron chi connectivity index (χ2n) is 0.162. The summed E-state index contributed by atoms with van der Waals surface area (Å²) in [6.07, 6.45) is 0. The Labute approximate surface area is 56.0 Å². The first-order chi connectivity index (χ1) is 1.73. The molecule has 0 spiro atoms. The molecule has 0 radical (unpaired) electrons. The van der Waals surface area contributed by atoms with Gasteiger partial charge in [-0.25, -0.2) is 0 Å². The molecule has 0 saturated carbocycles. The van der Waals surface area contributed by atoms with Crippen molar-refractivity contribution in [2.75, 3.05) is 0 Å². The molecule has 0 aliphatic rings. The number of hydrogen-bond acceptors (Lipinski definition) is 0. The van der Waals surface area contributed by atoms with E-state index in [1.807, 2.05) is 0 Å². The average molecular weight is 533 g/mol. The Balaban J connectivity index is 2.32. The fourth-order valence-corrected chi connectivity index (χ4v) is 0. The molecule has 0 nitrogen and oxygen atoms in total. The summed E-state index contributed by atoms with van der Waals surface area (Å²) in [5, 5.41) is 0. The normalized spacial score (nSPS) is 11.2. The van der Waals surface area contributed by atoms with Crippen LogP contribution < -0.4 is 0 Å². The molecule has 4 heteroatoms. The Morgan fingerprint density at radius 2 is 1.00 bits per heavy atom. The van der Waals surface area contributed by atoms with Gasteiger partial charge in [0.15, 0.2) is 0 Å². The number of rotatable bonds is 0. The molecule has 0 rings (SSSR count). The monoisotopic (exact) mass is 534 g/mol. The molecule has 0 atom stereocenters. The van der Waals surface area contributed by atoms with Gasteiger partial charge in [0.05, 0.1) is 0 Å². The van der Waals surface area contributed by atoms with E-state index in [0.717, 1.165) is 0 Å². The van der Waals surface area contributed by atoms with Crippen LogP contribution in [0.5, 0.6) is 0 Å². The van der Waals surface area contributed by atoms with Crippen molar-refractivity contribution in [3.8, 4) is 0 Å². The Bertz CT molecular complexity index is 8.00. The van der Waals surface area contributed by atoms with E-state index >= 15 is 0 Å². The van der Waals surface area contributed by atoms with Gasteiger partial charge in [-0.05, 0) is 0 Å². The zero-order chi connectivity index (χ0) is 3.58. The van der Waals surface area contributed by atoms with Crippen molar-refractivity contribution in [3.05, 3.63) is 0 Å². The SMILES string of the molecule is [I][Eu]([I])[I]. The third-order valence-electron chi connectivity index (χ3n) is 0. The van der Waals surface area contributed by atoms with Gasteiger partial charge in [0, 0.05) is 0 Å².